The van der Waals surface area contributed by atoms with Gasteiger partial charge in [0.25, 0.3) is 5.78 Å². The lowest BCUT2D eigenvalue weighted by atomic mass is 10.00. The molecule has 0 fully saturated rings. The lowest BCUT2D eigenvalue weighted by molar-refractivity contribution is -0.147. The van der Waals surface area contributed by atoms with Crippen molar-refractivity contribution in [1.82, 2.24) is 0 Å². The van der Waals surface area contributed by atoms with Crippen LogP contribution in [0, 0.1) is 0 Å². The van der Waals surface area contributed by atoms with Gasteiger partial charge in [0.05, 0.1) is 7.11 Å². The van der Waals surface area contributed by atoms with Crippen LogP contribution in [0.25, 0.3) is 0 Å². The standard InChI is InChI=1S/C5H3F3O2/c1-10-2-3(6)5(7,8)4(2)9/h1H3. The average Bonchev–Trinajstić information content (AvgIpc) is 1.89. The van der Waals surface area contributed by atoms with Crippen LogP contribution in [-0.2, 0) is 9.53 Å². The largest absolute Gasteiger partial charge is 0.490 e. The summed E-state index contributed by atoms with van der Waals surface area (Å²) in [6, 6.07) is 0. The summed E-state index contributed by atoms with van der Waals surface area (Å²) in [6.07, 6.45) is 0. The zero-order valence-electron chi connectivity index (χ0n) is 4.95. The van der Waals surface area contributed by atoms with Crippen LogP contribution in [0.5, 0.6) is 0 Å². The van der Waals surface area contributed by atoms with E-state index in [9.17, 15) is 18.0 Å². The van der Waals surface area contributed by atoms with Crippen molar-refractivity contribution in [2.24, 2.45) is 0 Å². The molecule has 0 atom stereocenters. The van der Waals surface area contributed by atoms with E-state index in [4.69, 9.17) is 0 Å². The highest BCUT2D eigenvalue weighted by Crippen LogP contribution is 2.40. The zero-order chi connectivity index (χ0) is 7.94. The molecule has 0 saturated carbocycles. The van der Waals surface area contributed by atoms with Crippen LogP contribution >= 0.6 is 0 Å². The number of Topliss-reactive ketones (excluding diaryl/α,β-unsaturated/α-hetero) is 1. The van der Waals surface area contributed by atoms with E-state index < -0.39 is 23.3 Å². The van der Waals surface area contributed by atoms with Crippen molar-refractivity contribution in [3.8, 4) is 0 Å². The topological polar surface area (TPSA) is 26.3 Å². The van der Waals surface area contributed by atoms with E-state index >= 15 is 0 Å². The normalized spacial score (nSPS) is 22.6. The maximum atomic E-state index is 12.0. The number of hydrogen-bond acceptors (Lipinski definition) is 2. The van der Waals surface area contributed by atoms with Gasteiger partial charge in [-0.2, -0.15) is 8.78 Å². The van der Waals surface area contributed by atoms with Gasteiger partial charge in [0.15, 0.2) is 0 Å². The number of alkyl halides is 2. The first-order valence-electron chi connectivity index (χ1n) is 2.38. The summed E-state index contributed by atoms with van der Waals surface area (Å²) >= 11 is 0. The molecule has 0 aromatic carbocycles. The molecule has 2 nitrogen and oxygen atoms in total. The molecule has 0 spiro atoms. The van der Waals surface area contributed by atoms with Gasteiger partial charge in [-0.25, -0.2) is 4.39 Å². The smallest absolute Gasteiger partial charge is 0.367 e. The maximum absolute atomic E-state index is 12.0. The Balaban J connectivity index is 2.99. The fraction of sp³-hybridized carbons (Fsp3) is 0.400. The molecule has 0 saturated heterocycles. The van der Waals surface area contributed by atoms with E-state index in [1.807, 2.05) is 0 Å². The fourth-order valence-electron chi connectivity index (χ4n) is 0.604. The molecule has 1 aliphatic rings. The van der Waals surface area contributed by atoms with Gasteiger partial charge in [-0.3, -0.25) is 4.79 Å². The molecule has 0 heterocycles. The Morgan fingerprint density at radius 3 is 2.20 bits per heavy atom. The van der Waals surface area contributed by atoms with Crippen molar-refractivity contribution in [2.75, 3.05) is 7.11 Å². The van der Waals surface area contributed by atoms with Crippen LogP contribution in [0.1, 0.15) is 0 Å². The van der Waals surface area contributed by atoms with Crippen LogP contribution in [0.3, 0.4) is 0 Å². The molecule has 10 heavy (non-hydrogen) atoms. The van der Waals surface area contributed by atoms with E-state index in [0.717, 1.165) is 7.11 Å². The van der Waals surface area contributed by atoms with Crippen molar-refractivity contribution in [3.63, 3.8) is 0 Å². The van der Waals surface area contributed by atoms with Crippen molar-refractivity contribution in [2.45, 2.75) is 5.92 Å². The van der Waals surface area contributed by atoms with Crippen LogP contribution < -0.4 is 0 Å². The number of carbonyl (C=O) groups excluding carboxylic acids is 1. The average molecular weight is 152 g/mol. The number of carbonyl (C=O) groups is 1. The predicted molar refractivity (Wildman–Crippen MR) is 25.1 cm³/mol. The van der Waals surface area contributed by atoms with Gasteiger partial charge >= 0.3 is 5.92 Å². The lowest BCUT2D eigenvalue weighted by Crippen LogP contribution is -2.42. The summed E-state index contributed by atoms with van der Waals surface area (Å²) in [5.74, 6) is -8.18. The van der Waals surface area contributed by atoms with Crippen molar-refractivity contribution < 1.29 is 22.7 Å². The van der Waals surface area contributed by atoms with Crippen LogP contribution in [-0.4, -0.2) is 18.8 Å². The van der Waals surface area contributed by atoms with E-state index in [2.05, 4.69) is 4.74 Å². The highest BCUT2D eigenvalue weighted by molar-refractivity contribution is 6.08. The first-order valence-corrected chi connectivity index (χ1v) is 2.38. The molecular formula is C5H3F3O2. The monoisotopic (exact) mass is 152 g/mol. The molecular weight excluding hydrogens is 149 g/mol. The molecule has 0 radical (unpaired) electrons. The van der Waals surface area contributed by atoms with Crippen LogP contribution in [0.4, 0.5) is 13.2 Å². The Kier molecular flexibility index (Phi) is 1.24. The number of methoxy groups -OCH3 is 1. The number of ether oxygens (including phenoxy) is 1. The third-order valence-corrected chi connectivity index (χ3v) is 1.17. The number of halogens is 3. The van der Waals surface area contributed by atoms with Crippen molar-refractivity contribution in [1.29, 1.82) is 0 Å². The second kappa shape index (κ2) is 1.74. The van der Waals surface area contributed by atoms with Crippen molar-refractivity contribution in [3.05, 3.63) is 11.6 Å². The van der Waals surface area contributed by atoms with E-state index in [1.165, 1.54) is 0 Å². The zero-order valence-corrected chi connectivity index (χ0v) is 4.95. The fourth-order valence-corrected chi connectivity index (χ4v) is 0.604. The van der Waals surface area contributed by atoms with Gasteiger partial charge in [0.1, 0.15) is 0 Å². The molecule has 0 N–H and O–H groups in total. The van der Waals surface area contributed by atoms with Gasteiger partial charge in [-0.05, 0) is 0 Å². The summed E-state index contributed by atoms with van der Waals surface area (Å²) in [4.78, 5) is 10.2. The highest BCUT2D eigenvalue weighted by atomic mass is 19.3. The highest BCUT2D eigenvalue weighted by Gasteiger charge is 2.59. The molecule has 0 aromatic heterocycles. The molecule has 0 aliphatic heterocycles. The minimum atomic E-state index is -3.94. The Labute approximate surface area is 54.3 Å². The molecule has 0 unspecified atom stereocenters. The van der Waals surface area contributed by atoms with Gasteiger partial charge in [0.2, 0.25) is 11.6 Å². The summed E-state index contributed by atoms with van der Waals surface area (Å²) in [5.41, 5.74) is 0. The van der Waals surface area contributed by atoms with Gasteiger partial charge in [-0.1, -0.05) is 0 Å². The number of hydrogen-bond donors (Lipinski definition) is 0. The van der Waals surface area contributed by atoms with E-state index in [0.29, 0.717) is 0 Å². The third kappa shape index (κ3) is 0.571. The SMILES string of the molecule is COC1=C(F)C(F)(F)C1=O. The minimum absolute atomic E-state index is 0.870. The molecule has 1 aliphatic carbocycles. The maximum Gasteiger partial charge on any atom is 0.367 e. The molecule has 0 aromatic rings. The second-order valence-electron chi connectivity index (χ2n) is 1.75. The molecule has 56 valence electrons. The van der Waals surface area contributed by atoms with E-state index in [-0.39, 0.29) is 0 Å². The quantitative estimate of drug-likeness (QED) is 0.560. The summed E-state index contributed by atoms with van der Waals surface area (Å²) in [7, 11) is 0.960. The van der Waals surface area contributed by atoms with E-state index in [1.54, 1.807) is 0 Å². The Hall–Kier alpha value is -1.00. The van der Waals surface area contributed by atoms with Crippen LogP contribution in [0.15, 0.2) is 11.6 Å². The predicted octanol–water partition coefficient (Wildman–Crippen LogP) is 1.03. The van der Waals surface area contributed by atoms with Gasteiger partial charge < -0.3 is 4.74 Å². The molecule has 0 bridgehead atoms. The molecule has 0 amide bonds. The second-order valence-corrected chi connectivity index (χ2v) is 1.75. The first kappa shape index (κ1) is 7.11. The number of allylic oxidation sites excluding steroid dienone is 2. The Morgan fingerprint density at radius 2 is 2.00 bits per heavy atom. The Bertz CT molecular complexity index is 219. The van der Waals surface area contributed by atoms with Crippen molar-refractivity contribution >= 4 is 5.78 Å². The summed E-state index contributed by atoms with van der Waals surface area (Å²) in [6.45, 7) is 0. The first-order chi connectivity index (χ1) is 4.51. The third-order valence-electron chi connectivity index (χ3n) is 1.17. The Morgan fingerprint density at radius 1 is 1.50 bits per heavy atom. The molecule has 5 heteroatoms. The minimum Gasteiger partial charge on any atom is -0.490 e. The number of rotatable bonds is 1. The lowest BCUT2D eigenvalue weighted by Gasteiger charge is -2.23. The van der Waals surface area contributed by atoms with Crippen LogP contribution in [0.2, 0.25) is 0 Å². The molecule has 1 rings (SSSR count). The number of ketones is 1. The van der Waals surface area contributed by atoms with Gasteiger partial charge in [-0.15, -0.1) is 0 Å². The van der Waals surface area contributed by atoms with Gasteiger partial charge in [0, 0.05) is 0 Å². The summed E-state index contributed by atoms with van der Waals surface area (Å²) < 4.78 is 39.8. The summed E-state index contributed by atoms with van der Waals surface area (Å²) in [5, 5.41) is 0.